The standard InChI is InChI=1S/C18H19F2NO/c1-12(2)14-6-3-13(4-7-14)5-10-18(22)21-15-8-9-16(19)17(20)11-15/h3-4,6-9,11-12H,5,10H2,1-2H3,(H,21,22). The van der Waals surface area contributed by atoms with Gasteiger partial charge in [0.05, 0.1) is 0 Å². The molecule has 0 fully saturated rings. The summed E-state index contributed by atoms with van der Waals surface area (Å²) in [7, 11) is 0. The number of carbonyl (C=O) groups is 1. The van der Waals surface area contributed by atoms with Crippen LogP contribution in [0.3, 0.4) is 0 Å². The minimum atomic E-state index is -0.970. The first-order valence-corrected chi connectivity index (χ1v) is 7.29. The van der Waals surface area contributed by atoms with Crippen LogP contribution in [-0.2, 0) is 11.2 Å². The molecule has 116 valence electrons. The van der Waals surface area contributed by atoms with Crippen molar-refractivity contribution in [3.8, 4) is 0 Å². The number of hydrogen-bond acceptors (Lipinski definition) is 1. The molecule has 0 atom stereocenters. The van der Waals surface area contributed by atoms with Gasteiger partial charge < -0.3 is 5.32 Å². The van der Waals surface area contributed by atoms with Gasteiger partial charge in [0.25, 0.3) is 0 Å². The van der Waals surface area contributed by atoms with Crippen LogP contribution in [0.25, 0.3) is 0 Å². The van der Waals surface area contributed by atoms with Crippen molar-refractivity contribution in [1.29, 1.82) is 0 Å². The third-order valence-electron chi connectivity index (χ3n) is 3.49. The van der Waals surface area contributed by atoms with E-state index in [0.29, 0.717) is 18.8 Å². The van der Waals surface area contributed by atoms with Crippen molar-refractivity contribution in [2.45, 2.75) is 32.6 Å². The number of aryl methyl sites for hydroxylation is 1. The summed E-state index contributed by atoms with van der Waals surface area (Å²) in [6.07, 6.45) is 0.897. The van der Waals surface area contributed by atoms with Crippen LogP contribution in [0.15, 0.2) is 42.5 Å². The quantitative estimate of drug-likeness (QED) is 0.855. The van der Waals surface area contributed by atoms with Gasteiger partial charge in [-0.3, -0.25) is 4.79 Å². The van der Waals surface area contributed by atoms with Crippen molar-refractivity contribution in [1.82, 2.24) is 0 Å². The Kier molecular flexibility index (Phi) is 5.26. The predicted octanol–water partition coefficient (Wildman–Crippen LogP) is 4.66. The Balaban J connectivity index is 1.88. The van der Waals surface area contributed by atoms with Crippen molar-refractivity contribution in [3.05, 3.63) is 65.2 Å². The zero-order chi connectivity index (χ0) is 16.1. The fourth-order valence-corrected chi connectivity index (χ4v) is 2.12. The molecule has 0 aromatic heterocycles. The van der Waals surface area contributed by atoms with Gasteiger partial charge >= 0.3 is 0 Å². The molecule has 0 bridgehead atoms. The van der Waals surface area contributed by atoms with Crippen LogP contribution in [0.5, 0.6) is 0 Å². The highest BCUT2D eigenvalue weighted by Gasteiger charge is 2.07. The molecule has 22 heavy (non-hydrogen) atoms. The molecular formula is C18H19F2NO. The van der Waals surface area contributed by atoms with Crippen LogP contribution in [0.2, 0.25) is 0 Å². The molecule has 0 saturated heterocycles. The summed E-state index contributed by atoms with van der Waals surface area (Å²) in [5, 5.41) is 2.56. The number of benzene rings is 2. The lowest BCUT2D eigenvalue weighted by Gasteiger charge is -2.08. The molecule has 2 rings (SSSR count). The average Bonchev–Trinajstić information content (AvgIpc) is 2.49. The van der Waals surface area contributed by atoms with E-state index in [9.17, 15) is 13.6 Å². The molecule has 0 heterocycles. The molecule has 0 saturated carbocycles. The van der Waals surface area contributed by atoms with E-state index in [1.807, 2.05) is 12.1 Å². The van der Waals surface area contributed by atoms with E-state index in [0.717, 1.165) is 17.7 Å². The Morgan fingerprint density at radius 1 is 1.05 bits per heavy atom. The highest BCUT2D eigenvalue weighted by Crippen LogP contribution is 2.16. The maximum absolute atomic E-state index is 13.1. The average molecular weight is 303 g/mol. The molecule has 2 aromatic carbocycles. The monoisotopic (exact) mass is 303 g/mol. The zero-order valence-electron chi connectivity index (χ0n) is 12.7. The van der Waals surface area contributed by atoms with E-state index >= 15 is 0 Å². The summed E-state index contributed by atoms with van der Waals surface area (Å²) >= 11 is 0. The smallest absolute Gasteiger partial charge is 0.224 e. The van der Waals surface area contributed by atoms with Gasteiger partial charge in [-0.25, -0.2) is 8.78 Å². The lowest BCUT2D eigenvalue weighted by atomic mass is 10.0. The van der Waals surface area contributed by atoms with Crippen LogP contribution in [0, 0.1) is 11.6 Å². The van der Waals surface area contributed by atoms with Crippen molar-refractivity contribution in [2.75, 3.05) is 5.32 Å². The third kappa shape index (κ3) is 4.38. The number of halogens is 2. The van der Waals surface area contributed by atoms with E-state index in [1.165, 1.54) is 11.6 Å². The molecule has 0 aliphatic heterocycles. The van der Waals surface area contributed by atoms with Gasteiger partial charge in [0.15, 0.2) is 11.6 Å². The highest BCUT2D eigenvalue weighted by molar-refractivity contribution is 5.90. The van der Waals surface area contributed by atoms with Gasteiger partial charge in [0, 0.05) is 18.2 Å². The van der Waals surface area contributed by atoms with Gasteiger partial charge in [0.2, 0.25) is 5.91 Å². The molecule has 0 spiro atoms. The van der Waals surface area contributed by atoms with E-state index in [1.54, 1.807) is 0 Å². The Hall–Kier alpha value is -2.23. The molecule has 2 aromatic rings. The fourth-order valence-electron chi connectivity index (χ4n) is 2.12. The summed E-state index contributed by atoms with van der Waals surface area (Å²) in [6, 6.07) is 11.5. The lowest BCUT2D eigenvalue weighted by Crippen LogP contribution is -2.12. The summed E-state index contributed by atoms with van der Waals surface area (Å²) < 4.78 is 25.9. The first-order chi connectivity index (χ1) is 10.5. The third-order valence-corrected chi connectivity index (χ3v) is 3.49. The topological polar surface area (TPSA) is 29.1 Å². The maximum atomic E-state index is 13.1. The van der Waals surface area contributed by atoms with Crippen LogP contribution in [-0.4, -0.2) is 5.91 Å². The van der Waals surface area contributed by atoms with Gasteiger partial charge in [-0.2, -0.15) is 0 Å². The molecular weight excluding hydrogens is 284 g/mol. The molecule has 0 aliphatic rings. The van der Waals surface area contributed by atoms with E-state index in [2.05, 4.69) is 31.3 Å². The van der Waals surface area contributed by atoms with Crippen LogP contribution >= 0.6 is 0 Å². The van der Waals surface area contributed by atoms with E-state index in [4.69, 9.17) is 0 Å². The van der Waals surface area contributed by atoms with Crippen LogP contribution in [0.4, 0.5) is 14.5 Å². The van der Waals surface area contributed by atoms with Gasteiger partial charge in [-0.05, 0) is 35.6 Å². The summed E-state index contributed by atoms with van der Waals surface area (Å²) in [5.74, 6) is -1.64. The first kappa shape index (κ1) is 16.1. The maximum Gasteiger partial charge on any atom is 0.224 e. The van der Waals surface area contributed by atoms with Gasteiger partial charge in [-0.1, -0.05) is 38.1 Å². The van der Waals surface area contributed by atoms with Gasteiger partial charge in [-0.15, -0.1) is 0 Å². The Bertz CT molecular complexity index is 651. The van der Waals surface area contributed by atoms with Crippen molar-refractivity contribution >= 4 is 11.6 Å². The minimum Gasteiger partial charge on any atom is -0.326 e. The van der Waals surface area contributed by atoms with Crippen LogP contribution in [0.1, 0.15) is 37.3 Å². The number of nitrogens with one attached hydrogen (secondary N) is 1. The van der Waals surface area contributed by atoms with Crippen molar-refractivity contribution in [2.24, 2.45) is 0 Å². The second-order valence-corrected chi connectivity index (χ2v) is 5.57. The molecule has 2 nitrogen and oxygen atoms in total. The second-order valence-electron chi connectivity index (χ2n) is 5.57. The lowest BCUT2D eigenvalue weighted by molar-refractivity contribution is -0.116. The van der Waals surface area contributed by atoms with Crippen molar-refractivity contribution in [3.63, 3.8) is 0 Å². The summed E-state index contributed by atoms with van der Waals surface area (Å²) in [5.41, 5.74) is 2.60. The Morgan fingerprint density at radius 2 is 1.73 bits per heavy atom. The molecule has 0 unspecified atom stereocenters. The highest BCUT2D eigenvalue weighted by atomic mass is 19.2. The number of hydrogen-bond donors (Lipinski definition) is 1. The SMILES string of the molecule is CC(C)c1ccc(CCC(=O)Nc2ccc(F)c(F)c2)cc1. The largest absolute Gasteiger partial charge is 0.326 e. The Morgan fingerprint density at radius 3 is 2.32 bits per heavy atom. The predicted molar refractivity (Wildman–Crippen MR) is 83.8 cm³/mol. The fraction of sp³-hybridized carbons (Fsp3) is 0.278. The molecule has 1 amide bonds. The zero-order valence-corrected chi connectivity index (χ0v) is 12.7. The number of amides is 1. The van der Waals surface area contributed by atoms with Crippen molar-refractivity contribution < 1.29 is 13.6 Å². The summed E-state index contributed by atoms with van der Waals surface area (Å²) in [6.45, 7) is 4.26. The first-order valence-electron chi connectivity index (χ1n) is 7.29. The van der Waals surface area contributed by atoms with Gasteiger partial charge in [0.1, 0.15) is 0 Å². The van der Waals surface area contributed by atoms with Crippen LogP contribution < -0.4 is 5.32 Å². The molecule has 1 N–H and O–H groups in total. The molecule has 4 heteroatoms. The van der Waals surface area contributed by atoms with E-state index < -0.39 is 11.6 Å². The van der Waals surface area contributed by atoms with E-state index in [-0.39, 0.29) is 11.6 Å². The summed E-state index contributed by atoms with van der Waals surface area (Å²) in [4.78, 5) is 11.8. The second kappa shape index (κ2) is 7.16. The molecule has 0 aliphatic carbocycles. The number of carbonyl (C=O) groups excluding carboxylic acids is 1. The molecule has 0 radical (unpaired) electrons. The number of anilines is 1. The minimum absolute atomic E-state index is 0.223. The number of rotatable bonds is 5. The normalized spacial score (nSPS) is 10.8. The Labute approximate surface area is 129 Å².